The third-order valence-corrected chi connectivity index (χ3v) is 10.6. The lowest BCUT2D eigenvalue weighted by molar-refractivity contribution is 0.355. The van der Waals surface area contributed by atoms with Crippen molar-refractivity contribution < 1.29 is 17.6 Å². The zero-order valence-electron chi connectivity index (χ0n) is 34.0. The molecular formula is C43H51FN6O9. The minimum absolute atomic E-state index is 0.0767. The van der Waals surface area contributed by atoms with E-state index in [0.29, 0.717) is 53.7 Å². The molecule has 16 heteroatoms. The number of halogens is 1. The second kappa shape index (κ2) is 19.3. The van der Waals surface area contributed by atoms with Gasteiger partial charge in [0.15, 0.2) is 6.17 Å². The van der Waals surface area contributed by atoms with Crippen LogP contribution in [0.15, 0.2) is 60.2 Å². The highest BCUT2D eigenvalue weighted by Crippen LogP contribution is 2.34. The molecule has 6 aromatic rings. The van der Waals surface area contributed by atoms with Crippen molar-refractivity contribution in [3.05, 3.63) is 115 Å². The lowest BCUT2D eigenvalue weighted by Crippen LogP contribution is -2.16. The number of aromatic nitrogens is 6. The van der Waals surface area contributed by atoms with Gasteiger partial charge in [0.25, 0.3) is 16.7 Å². The Morgan fingerprint density at radius 1 is 0.593 bits per heavy atom. The SMILES string of the molecule is CC(F)c1nc2oc(=O)cc(CCCC3CC3)c2c(=O)[nH]1.CCCCc1cc(=O)oc2nc(CC)[nH]c(=O)c12.CCc1nc2oc(=O)cc(CCCC3CC3)c2c(=O)[nH]1. The van der Waals surface area contributed by atoms with Crippen molar-refractivity contribution in [2.24, 2.45) is 11.8 Å². The molecule has 0 saturated heterocycles. The Kier molecular flexibility index (Phi) is 14.0. The first-order chi connectivity index (χ1) is 28.4. The highest BCUT2D eigenvalue weighted by molar-refractivity contribution is 5.77. The van der Waals surface area contributed by atoms with Crippen molar-refractivity contribution in [3.8, 4) is 0 Å². The first-order valence-corrected chi connectivity index (χ1v) is 20.7. The van der Waals surface area contributed by atoms with Gasteiger partial charge in [-0.25, -0.2) is 18.8 Å². The van der Waals surface area contributed by atoms with Gasteiger partial charge in [0.1, 0.15) is 33.6 Å². The molecule has 0 spiro atoms. The van der Waals surface area contributed by atoms with Crippen molar-refractivity contribution in [2.45, 2.75) is 130 Å². The van der Waals surface area contributed by atoms with E-state index in [2.05, 4.69) is 36.8 Å². The summed E-state index contributed by atoms with van der Waals surface area (Å²) >= 11 is 0. The predicted octanol–water partition coefficient (Wildman–Crippen LogP) is 6.59. The quantitative estimate of drug-likeness (QED) is 0.106. The third-order valence-electron chi connectivity index (χ3n) is 10.6. The Bertz CT molecular complexity index is 2790. The third kappa shape index (κ3) is 11.2. The Morgan fingerprint density at radius 3 is 1.32 bits per heavy atom. The van der Waals surface area contributed by atoms with Gasteiger partial charge >= 0.3 is 16.9 Å². The van der Waals surface area contributed by atoms with Crippen molar-refractivity contribution >= 4 is 33.3 Å². The molecule has 2 saturated carbocycles. The van der Waals surface area contributed by atoms with Crippen LogP contribution in [0, 0.1) is 11.8 Å². The average Bonchev–Trinajstić information content (AvgIpc) is 4.14. The maximum atomic E-state index is 13.3. The van der Waals surface area contributed by atoms with Gasteiger partial charge in [-0.15, -0.1) is 0 Å². The number of fused-ring (bicyclic) bond motifs is 3. The van der Waals surface area contributed by atoms with Gasteiger partial charge in [-0.1, -0.05) is 65.7 Å². The highest BCUT2D eigenvalue weighted by Gasteiger charge is 2.22. The smallest absolute Gasteiger partial charge is 0.337 e. The molecule has 59 heavy (non-hydrogen) atoms. The lowest BCUT2D eigenvalue weighted by atomic mass is 10.1. The van der Waals surface area contributed by atoms with Crippen LogP contribution in [-0.4, -0.2) is 29.9 Å². The number of hydrogen-bond acceptors (Lipinski definition) is 12. The summed E-state index contributed by atoms with van der Waals surface area (Å²) in [7, 11) is 0. The van der Waals surface area contributed by atoms with Gasteiger partial charge in [0, 0.05) is 31.0 Å². The van der Waals surface area contributed by atoms with Gasteiger partial charge in [-0.05, 0) is 74.0 Å². The molecule has 0 radical (unpaired) electrons. The highest BCUT2D eigenvalue weighted by atomic mass is 19.1. The van der Waals surface area contributed by atoms with Crippen LogP contribution in [0.4, 0.5) is 4.39 Å². The molecule has 15 nitrogen and oxygen atoms in total. The summed E-state index contributed by atoms with van der Waals surface area (Å²) in [5.74, 6) is 2.60. The number of unbranched alkanes of at least 4 members (excludes halogenated alkanes) is 1. The first kappa shape index (κ1) is 42.8. The minimum atomic E-state index is -1.43. The molecule has 2 aliphatic carbocycles. The second-order valence-electron chi connectivity index (χ2n) is 15.4. The van der Waals surface area contributed by atoms with Crippen LogP contribution in [0.2, 0.25) is 0 Å². The van der Waals surface area contributed by atoms with Gasteiger partial charge < -0.3 is 28.2 Å². The van der Waals surface area contributed by atoms with E-state index in [4.69, 9.17) is 13.3 Å². The second-order valence-corrected chi connectivity index (χ2v) is 15.4. The van der Waals surface area contributed by atoms with Crippen LogP contribution < -0.4 is 33.6 Å². The topological polar surface area (TPSA) is 228 Å². The standard InChI is InChI=1S/C15H17FN2O3.C15H18N2O3.C13H16N2O3/c1-8(16)13-17-14(20)12-10(4-2-3-9-5-6-9)7-11(19)21-15(12)18-13;1-2-11-16-14(19)13-10(5-3-4-9-6-7-9)8-12(18)20-15(13)17-11;1-3-5-6-8-7-10(16)18-13-11(8)12(17)14-9(4-2)15-13/h7-9H,2-6H2,1H3,(H,17,18,20);8-9H,2-7H2,1H3,(H,16,17,19);7H,3-6H2,1-2H3,(H,14,15,17). The summed E-state index contributed by atoms with van der Waals surface area (Å²) in [4.78, 5) is 91.1. The molecule has 3 N–H and O–H groups in total. The van der Waals surface area contributed by atoms with Crippen molar-refractivity contribution in [1.29, 1.82) is 0 Å². The fraction of sp³-hybridized carbons (Fsp3) is 0.512. The van der Waals surface area contributed by atoms with Crippen LogP contribution in [0.25, 0.3) is 33.3 Å². The van der Waals surface area contributed by atoms with E-state index in [9.17, 15) is 33.2 Å². The minimum Gasteiger partial charge on any atom is -0.403 e. The van der Waals surface area contributed by atoms with Crippen LogP contribution in [0.3, 0.4) is 0 Å². The molecule has 8 rings (SSSR count). The van der Waals surface area contributed by atoms with Gasteiger partial charge in [0.2, 0.25) is 17.1 Å². The van der Waals surface area contributed by atoms with E-state index in [-0.39, 0.29) is 39.5 Å². The number of aromatic amines is 3. The van der Waals surface area contributed by atoms with Crippen LogP contribution in [0.5, 0.6) is 0 Å². The number of hydrogen-bond donors (Lipinski definition) is 3. The molecule has 1 atom stereocenters. The number of aryl methyl sites for hydroxylation is 5. The molecule has 0 aromatic carbocycles. The van der Waals surface area contributed by atoms with Crippen molar-refractivity contribution in [1.82, 2.24) is 29.9 Å². The number of nitrogens with zero attached hydrogens (tertiary/aromatic N) is 3. The normalized spacial score (nSPS) is 14.2. The molecule has 1 unspecified atom stereocenters. The van der Waals surface area contributed by atoms with Crippen molar-refractivity contribution in [3.63, 3.8) is 0 Å². The molecule has 6 aromatic heterocycles. The number of rotatable bonds is 14. The summed E-state index contributed by atoms with van der Waals surface area (Å²) in [6, 6.07) is 4.16. The predicted molar refractivity (Wildman–Crippen MR) is 221 cm³/mol. The van der Waals surface area contributed by atoms with Crippen molar-refractivity contribution in [2.75, 3.05) is 0 Å². The van der Waals surface area contributed by atoms with Gasteiger partial charge in [0.05, 0.1) is 0 Å². The Hall–Kier alpha value is -5.80. The number of H-pyrrole nitrogens is 3. The summed E-state index contributed by atoms with van der Waals surface area (Å²) < 4.78 is 28.3. The summed E-state index contributed by atoms with van der Waals surface area (Å²) in [6.45, 7) is 7.10. The molecule has 0 aliphatic heterocycles. The Balaban J connectivity index is 0.000000149. The maximum absolute atomic E-state index is 13.3. The molecule has 314 valence electrons. The molecular weight excluding hydrogens is 764 g/mol. The molecule has 2 aliphatic rings. The summed E-state index contributed by atoms with van der Waals surface area (Å²) in [5, 5.41) is 1.09. The summed E-state index contributed by atoms with van der Waals surface area (Å²) in [6.07, 6.45) is 13.1. The Morgan fingerprint density at radius 2 is 0.966 bits per heavy atom. The summed E-state index contributed by atoms with van der Waals surface area (Å²) in [5.41, 5.74) is 0.0168. The zero-order chi connectivity index (χ0) is 42.2. The van der Waals surface area contributed by atoms with Gasteiger partial charge in [-0.2, -0.15) is 15.0 Å². The molecule has 6 heterocycles. The largest absolute Gasteiger partial charge is 0.403 e. The van der Waals surface area contributed by atoms with E-state index in [1.165, 1.54) is 57.2 Å². The number of alkyl halides is 1. The van der Waals surface area contributed by atoms with Crippen LogP contribution in [-0.2, 0) is 32.1 Å². The average molecular weight is 815 g/mol. The lowest BCUT2D eigenvalue weighted by Gasteiger charge is -2.06. The fourth-order valence-electron chi connectivity index (χ4n) is 7.01. The van der Waals surface area contributed by atoms with E-state index in [1.54, 1.807) is 0 Å². The van der Waals surface area contributed by atoms with E-state index in [0.717, 1.165) is 61.5 Å². The van der Waals surface area contributed by atoms with E-state index >= 15 is 0 Å². The van der Waals surface area contributed by atoms with Gasteiger partial charge in [-0.3, -0.25) is 14.4 Å². The van der Waals surface area contributed by atoms with Crippen LogP contribution >= 0.6 is 0 Å². The Labute approximate surface area is 336 Å². The first-order valence-electron chi connectivity index (χ1n) is 20.7. The van der Waals surface area contributed by atoms with E-state index < -0.39 is 28.6 Å². The number of nitrogens with one attached hydrogen (secondary N) is 3. The molecule has 2 fully saturated rings. The molecule has 0 amide bonds. The molecule has 0 bridgehead atoms. The van der Waals surface area contributed by atoms with E-state index in [1.807, 2.05) is 13.8 Å². The fourth-order valence-corrected chi connectivity index (χ4v) is 7.01. The monoisotopic (exact) mass is 814 g/mol. The maximum Gasteiger partial charge on any atom is 0.337 e. The van der Waals surface area contributed by atoms with Crippen LogP contribution in [0.1, 0.15) is 132 Å². The zero-order valence-corrected chi connectivity index (χ0v) is 34.0.